The first-order chi connectivity index (χ1) is 11.6. The van der Waals surface area contributed by atoms with Gasteiger partial charge in [0.1, 0.15) is 17.7 Å². The maximum atomic E-state index is 6.02. The fraction of sp³-hybridized carbons (Fsp3) is 0.353. The lowest BCUT2D eigenvalue weighted by atomic mass is 10.2. The van der Waals surface area contributed by atoms with Gasteiger partial charge >= 0.3 is 0 Å². The molecule has 1 aliphatic rings. The van der Waals surface area contributed by atoms with Crippen molar-refractivity contribution in [3.63, 3.8) is 0 Å². The zero-order valence-electron chi connectivity index (χ0n) is 13.6. The molecule has 1 saturated heterocycles. The third-order valence-corrected chi connectivity index (χ3v) is 4.71. The van der Waals surface area contributed by atoms with Gasteiger partial charge in [-0.25, -0.2) is 9.97 Å². The van der Waals surface area contributed by atoms with Gasteiger partial charge in [0.05, 0.1) is 0 Å². The minimum Gasteiger partial charge on any atom is -0.423 e. The Bertz CT molecular complexity index is 880. The number of aromatic nitrogens is 3. The fourth-order valence-electron chi connectivity index (χ4n) is 3.08. The maximum Gasteiger partial charge on any atom is 0.298 e. The van der Waals surface area contributed by atoms with E-state index in [0.29, 0.717) is 17.1 Å². The molecule has 4 rings (SSSR count). The molecular weight excluding hydrogens is 326 g/mol. The minimum absolute atomic E-state index is 0.359. The molecule has 6 nitrogen and oxygen atoms in total. The van der Waals surface area contributed by atoms with Crippen LogP contribution in [0.5, 0.6) is 0 Å². The quantitative estimate of drug-likeness (QED) is 0.727. The van der Waals surface area contributed by atoms with Crippen LogP contribution in [0.2, 0.25) is 5.02 Å². The van der Waals surface area contributed by atoms with Crippen molar-refractivity contribution in [3.05, 3.63) is 41.3 Å². The number of hydrogen-bond donors (Lipinski definition) is 0. The van der Waals surface area contributed by atoms with E-state index in [1.807, 2.05) is 31.2 Å². The van der Waals surface area contributed by atoms with E-state index in [9.17, 15) is 0 Å². The lowest BCUT2D eigenvalue weighted by molar-refractivity contribution is 0.582. The molecule has 3 aromatic rings. The van der Waals surface area contributed by atoms with E-state index in [1.165, 1.54) is 0 Å². The van der Waals surface area contributed by atoms with E-state index < -0.39 is 0 Å². The molecule has 1 aromatic carbocycles. The number of likely N-dealkylation sites (N-methyl/N-ethyl adjacent to an activating group) is 1. The molecule has 1 aliphatic heterocycles. The first-order valence-corrected chi connectivity index (χ1v) is 8.30. The van der Waals surface area contributed by atoms with E-state index >= 15 is 0 Å². The molecule has 1 unspecified atom stereocenters. The molecule has 2 aromatic heterocycles. The van der Waals surface area contributed by atoms with Gasteiger partial charge in [0, 0.05) is 43.0 Å². The Labute approximate surface area is 145 Å². The van der Waals surface area contributed by atoms with Crippen molar-refractivity contribution in [2.45, 2.75) is 19.4 Å². The van der Waals surface area contributed by atoms with E-state index in [1.54, 1.807) is 6.33 Å². The average Bonchev–Trinajstić information content (AvgIpc) is 3.20. The summed E-state index contributed by atoms with van der Waals surface area (Å²) in [6.45, 7) is 3.73. The van der Waals surface area contributed by atoms with Crippen molar-refractivity contribution in [3.8, 4) is 0 Å². The van der Waals surface area contributed by atoms with Gasteiger partial charge in [0.2, 0.25) is 0 Å². The van der Waals surface area contributed by atoms with Gasteiger partial charge in [0.25, 0.3) is 6.01 Å². The largest absolute Gasteiger partial charge is 0.423 e. The Balaban J connectivity index is 1.53. The summed E-state index contributed by atoms with van der Waals surface area (Å²) in [5.74, 6) is 0.943. The molecule has 1 fully saturated rings. The highest BCUT2D eigenvalue weighted by Crippen LogP contribution is 2.28. The molecular formula is C17H18ClN5O. The van der Waals surface area contributed by atoms with Crippen LogP contribution in [0.4, 0.5) is 11.8 Å². The van der Waals surface area contributed by atoms with Gasteiger partial charge in [0.15, 0.2) is 5.58 Å². The topological polar surface area (TPSA) is 58.3 Å². The lowest BCUT2D eigenvalue weighted by Crippen LogP contribution is -2.35. The number of fused-ring (bicyclic) bond motifs is 1. The molecule has 0 spiro atoms. The van der Waals surface area contributed by atoms with Crippen molar-refractivity contribution < 1.29 is 4.42 Å². The van der Waals surface area contributed by atoms with Crippen LogP contribution in [0.1, 0.15) is 12.1 Å². The van der Waals surface area contributed by atoms with Gasteiger partial charge < -0.3 is 14.2 Å². The summed E-state index contributed by atoms with van der Waals surface area (Å²) in [6.07, 6.45) is 2.64. The second-order valence-electron chi connectivity index (χ2n) is 6.13. The van der Waals surface area contributed by atoms with Crippen LogP contribution < -0.4 is 9.80 Å². The zero-order valence-corrected chi connectivity index (χ0v) is 14.4. The van der Waals surface area contributed by atoms with Crippen LogP contribution in [0.25, 0.3) is 11.1 Å². The van der Waals surface area contributed by atoms with Crippen molar-refractivity contribution in [1.29, 1.82) is 0 Å². The monoisotopic (exact) mass is 343 g/mol. The average molecular weight is 344 g/mol. The Morgan fingerprint density at radius 2 is 2.17 bits per heavy atom. The van der Waals surface area contributed by atoms with Gasteiger partial charge in [-0.1, -0.05) is 11.6 Å². The maximum absolute atomic E-state index is 6.02. The van der Waals surface area contributed by atoms with Crippen LogP contribution in [-0.2, 0) is 0 Å². The summed E-state index contributed by atoms with van der Waals surface area (Å²) in [6, 6.07) is 8.52. The molecule has 0 radical (unpaired) electrons. The van der Waals surface area contributed by atoms with Gasteiger partial charge in [-0.2, -0.15) is 4.98 Å². The summed E-state index contributed by atoms with van der Waals surface area (Å²) >= 11 is 6.02. The van der Waals surface area contributed by atoms with E-state index in [0.717, 1.165) is 42.1 Å². The number of nitrogens with zero attached hydrogens (tertiary/aromatic N) is 5. The Morgan fingerprint density at radius 3 is 3.00 bits per heavy atom. The summed E-state index contributed by atoms with van der Waals surface area (Å²) in [5.41, 5.74) is 2.52. The lowest BCUT2D eigenvalue weighted by Gasteiger charge is -2.25. The van der Waals surface area contributed by atoms with E-state index in [-0.39, 0.29) is 0 Å². The van der Waals surface area contributed by atoms with Crippen molar-refractivity contribution >= 4 is 34.5 Å². The van der Waals surface area contributed by atoms with Gasteiger partial charge in [-0.05, 0) is 31.5 Å². The van der Waals surface area contributed by atoms with E-state index in [4.69, 9.17) is 16.0 Å². The standard InChI is InChI=1S/C17H18ClN5O/c1-11-7-16(20-10-19-11)22(2)13-5-6-23(9-13)17-21-14-8-12(18)3-4-15(14)24-17/h3-4,7-8,10,13H,5-6,9H2,1-2H3. The minimum atomic E-state index is 0.359. The zero-order chi connectivity index (χ0) is 16.7. The third-order valence-electron chi connectivity index (χ3n) is 4.47. The molecule has 1 atom stereocenters. The number of aryl methyl sites for hydroxylation is 1. The Hall–Kier alpha value is -2.34. The predicted octanol–water partition coefficient (Wildman–Crippen LogP) is 3.29. The van der Waals surface area contributed by atoms with E-state index in [2.05, 4.69) is 31.8 Å². The smallest absolute Gasteiger partial charge is 0.298 e. The first kappa shape index (κ1) is 15.2. The molecule has 0 aliphatic carbocycles. The number of anilines is 2. The van der Waals surface area contributed by atoms with Crippen LogP contribution in [0.3, 0.4) is 0 Å². The number of halogens is 1. The molecule has 7 heteroatoms. The summed E-state index contributed by atoms with van der Waals surface area (Å²) < 4.78 is 5.87. The SMILES string of the molecule is Cc1cc(N(C)C2CCN(c3nc4cc(Cl)ccc4o3)C2)ncn1. The molecule has 0 N–H and O–H groups in total. The summed E-state index contributed by atoms with van der Waals surface area (Å²) in [5, 5.41) is 0.667. The van der Waals surface area contributed by atoms with Crippen molar-refractivity contribution in [2.75, 3.05) is 29.9 Å². The first-order valence-electron chi connectivity index (χ1n) is 7.93. The van der Waals surface area contributed by atoms with Gasteiger partial charge in [-0.15, -0.1) is 0 Å². The highest BCUT2D eigenvalue weighted by molar-refractivity contribution is 6.31. The Kier molecular flexibility index (Phi) is 3.76. The molecule has 3 heterocycles. The Morgan fingerprint density at radius 1 is 1.29 bits per heavy atom. The summed E-state index contributed by atoms with van der Waals surface area (Å²) in [4.78, 5) is 17.5. The highest BCUT2D eigenvalue weighted by Gasteiger charge is 2.29. The molecule has 124 valence electrons. The number of oxazole rings is 1. The van der Waals surface area contributed by atoms with Crippen LogP contribution >= 0.6 is 11.6 Å². The fourth-order valence-corrected chi connectivity index (χ4v) is 3.24. The van der Waals surface area contributed by atoms with Crippen LogP contribution in [0, 0.1) is 6.92 Å². The van der Waals surface area contributed by atoms with Crippen LogP contribution in [0.15, 0.2) is 35.0 Å². The van der Waals surface area contributed by atoms with Crippen molar-refractivity contribution in [2.24, 2.45) is 0 Å². The van der Waals surface area contributed by atoms with Gasteiger partial charge in [-0.3, -0.25) is 0 Å². The normalized spacial score (nSPS) is 17.6. The second kappa shape index (κ2) is 5.94. The van der Waals surface area contributed by atoms with Crippen LogP contribution in [-0.4, -0.2) is 41.1 Å². The number of hydrogen-bond acceptors (Lipinski definition) is 6. The van der Waals surface area contributed by atoms with Crippen molar-refractivity contribution in [1.82, 2.24) is 15.0 Å². The predicted molar refractivity (Wildman–Crippen MR) is 94.8 cm³/mol. The molecule has 0 bridgehead atoms. The number of benzene rings is 1. The molecule has 24 heavy (non-hydrogen) atoms. The number of rotatable bonds is 3. The summed E-state index contributed by atoms with van der Waals surface area (Å²) in [7, 11) is 2.07. The third kappa shape index (κ3) is 2.78. The molecule has 0 amide bonds. The highest BCUT2D eigenvalue weighted by atomic mass is 35.5. The molecule has 0 saturated carbocycles. The second-order valence-corrected chi connectivity index (χ2v) is 6.56.